The molecule has 2 aliphatic heterocycles. The third-order valence-corrected chi connectivity index (χ3v) is 5.63. The fraction of sp³-hybridized carbons (Fsp3) is 0.789. The van der Waals surface area contributed by atoms with Crippen LogP contribution in [0.25, 0.3) is 0 Å². The molecule has 0 aromatic heterocycles. The zero-order valence-electron chi connectivity index (χ0n) is 17.5. The Morgan fingerprint density at radius 2 is 1.07 bits per heavy atom. The molecule has 10 nitrogen and oxygen atoms in total. The molecule has 1 aliphatic carbocycles. The number of likely N-dealkylation sites (N-methyl/N-ethyl adjacent to an activating group) is 2. The lowest BCUT2D eigenvalue weighted by atomic mass is 10.1. The maximum atomic E-state index is 12.5. The van der Waals surface area contributed by atoms with Gasteiger partial charge in [-0.05, 0) is 6.42 Å². The van der Waals surface area contributed by atoms with Gasteiger partial charge in [-0.3, -0.25) is 19.2 Å². The lowest BCUT2D eigenvalue weighted by Gasteiger charge is -2.40. The minimum atomic E-state index is -0.248. The third kappa shape index (κ3) is 5.05. The van der Waals surface area contributed by atoms with Gasteiger partial charge in [0.15, 0.2) is 0 Å². The van der Waals surface area contributed by atoms with E-state index in [4.69, 9.17) is 9.47 Å². The van der Waals surface area contributed by atoms with Crippen LogP contribution in [0.15, 0.2) is 0 Å². The van der Waals surface area contributed by atoms with Crippen LogP contribution in [-0.4, -0.2) is 123 Å². The molecule has 2 atom stereocenters. The fourth-order valence-corrected chi connectivity index (χ4v) is 3.29. The zero-order chi connectivity index (χ0) is 21.3. The van der Waals surface area contributed by atoms with Gasteiger partial charge in [-0.1, -0.05) is 0 Å². The summed E-state index contributed by atoms with van der Waals surface area (Å²) in [4.78, 5) is 54.3. The van der Waals surface area contributed by atoms with E-state index < -0.39 is 0 Å². The quantitative estimate of drug-likeness (QED) is 0.471. The highest BCUT2D eigenvalue weighted by Gasteiger charge is 2.53. The highest BCUT2D eigenvalue weighted by atomic mass is 16.5. The molecule has 2 saturated heterocycles. The lowest BCUT2D eigenvalue weighted by Crippen LogP contribution is -2.57. The lowest BCUT2D eigenvalue weighted by molar-refractivity contribution is -0.155. The smallest absolute Gasteiger partial charge is 0.248 e. The van der Waals surface area contributed by atoms with Crippen LogP contribution < -0.4 is 0 Å². The normalized spacial score (nSPS) is 23.9. The monoisotopic (exact) mass is 410 g/mol. The molecule has 1 saturated carbocycles. The van der Waals surface area contributed by atoms with Gasteiger partial charge < -0.3 is 29.1 Å². The van der Waals surface area contributed by atoms with Gasteiger partial charge in [0.05, 0.1) is 24.0 Å². The first-order valence-corrected chi connectivity index (χ1v) is 9.88. The second-order valence-electron chi connectivity index (χ2n) is 8.38. The third-order valence-electron chi connectivity index (χ3n) is 5.63. The van der Waals surface area contributed by atoms with E-state index in [-0.39, 0.29) is 60.9 Å². The molecule has 2 heterocycles. The minimum absolute atomic E-state index is 0.00737. The Hall–Kier alpha value is -2.20. The minimum Gasteiger partial charge on any atom is -0.365 e. The highest BCUT2D eigenvalue weighted by Crippen LogP contribution is 2.43. The van der Waals surface area contributed by atoms with E-state index in [1.807, 2.05) is 0 Å². The van der Waals surface area contributed by atoms with Gasteiger partial charge in [0.25, 0.3) is 0 Å². The average molecular weight is 410 g/mol. The molecule has 3 aliphatic rings. The number of amides is 4. The van der Waals surface area contributed by atoms with Gasteiger partial charge in [-0.25, -0.2) is 0 Å². The molecule has 0 N–H and O–H groups in total. The molecule has 3 fully saturated rings. The predicted molar refractivity (Wildman–Crippen MR) is 102 cm³/mol. The maximum Gasteiger partial charge on any atom is 0.248 e. The summed E-state index contributed by atoms with van der Waals surface area (Å²) < 4.78 is 11.0. The Bertz CT molecular complexity index is 614. The van der Waals surface area contributed by atoms with E-state index in [9.17, 15) is 19.2 Å². The number of hydrogen-bond donors (Lipinski definition) is 0. The summed E-state index contributed by atoms with van der Waals surface area (Å²) in [6.07, 6.45) is 0.350. The average Bonchev–Trinajstić information content (AvgIpc) is 3.38. The van der Waals surface area contributed by atoms with Crippen molar-refractivity contribution in [3.05, 3.63) is 0 Å². The van der Waals surface area contributed by atoms with Crippen molar-refractivity contribution < 1.29 is 28.7 Å². The standard InChI is InChI=1S/C19H30N4O6/c1-20(2)16(24)10-28-12-6-22(7-12)18(26)14-5-15(14)19(27)23-8-13(9-23)29-11-17(25)21(3)4/h12-15H,5-11H2,1-4H3. The summed E-state index contributed by atoms with van der Waals surface area (Å²) in [7, 11) is 6.68. The fourth-order valence-electron chi connectivity index (χ4n) is 3.29. The summed E-state index contributed by atoms with van der Waals surface area (Å²) >= 11 is 0. The number of likely N-dealkylation sites (tertiary alicyclic amines) is 2. The van der Waals surface area contributed by atoms with Crippen LogP contribution >= 0.6 is 0 Å². The van der Waals surface area contributed by atoms with Gasteiger partial charge in [0, 0.05) is 54.4 Å². The molecular weight excluding hydrogens is 380 g/mol. The molecule has 0 aromatic carbocycles. The first-order chi connectivity index (χ1) is 13.7. The van der Waals surface area contributed by atoms with Gasteiger partial charge in [-0.15, -0.1) is 0 Å². The van der Waals surface area contributed by atoms with Crippen molar-refractivity contribution in [1.29, 1.82) is 0 Å². The molecule has 2 unspecified atom stereocenters. The summed E-state index contributed by atoms with van der Waals surface area (Å²) in [6, 6.07) is 0. The van der Waals surface area contributed by atoms with Crippen molar-refractivity contribution in [2.45, 2.75) is 18.6 Å². The first-order valence-electron chi connectivity index (χ1n) is 9.88. The Labute approximate surface area is 170 Å². The van der Waals surface area contributed by atoms with Crippen LogP contribution in [0.4, 0.5) is 0 Å². The molecular formula is C19H30N4O6. The molecule has 29 heavy (non-hydrogen) atoms. The summed E-state index contributed by atoms with van der Waals surface area (Å²) in [6.45, 7) is 1.91. The van der Waals surface area contributed by atoms with Crippen molar-refractivity contribution in [3.63, 3.8) is 0 Å². The van der Waals surface area contributed by atoms with Gasteiger partial charge in [0.1, 0.15) is 13.2 Å². The number of hydrogen-bond acceptors (Lipinski definition) is 6. The molecule has 4 amide bonds. The number of ether oxygens (including phenoxy) is 2. The Morgan fingerprint density at radius 1 is 0.724 bits per heavy atom. The van der Waals surface area contributed by atoms with Gasteiger partial charge in [0.2, 0.25) is 23.6 Å². The van der Waals surface area contributed by atoms with Crippen LogP contribution in [0, 0.1) is 11.8 Å². The zero-order valence-corrected chi connectivity index (χ0v) is 17.5. The summed E-state index contributed by atoms with van der Waals surface area (Å²) in [5, 5.41) is 0. The Balaban J connectivity index is 1.30. The number of rotatable bonds is 8. The predicted octanol–water partition coefficient (Wildman–Crippen LogP) is -1.75. The van der Waals surface area contributed by atoms with Crippen molar-refractivity contribution >= 4 is 23.6 Å². The Kier molecular flexibility index (Phi) is 6.42. The van der Waals surface area contributed by atoms with E-state index in [0.717, 1.165) is 0 Å². The molecule has 0 aromatic rings. The Morgan fingerprint density at radius 3 is 1.38 bits per heavy atom. The maximum absolute atomic E-state index is 12.5. The first kappa shape index (κ1) is 21.5. The molecule has 0 radical (unpaired) electrons. The second-order valence-corrected chi connectivity index (χ2v) is 8.38. The summed E-state index contributed by atoms with van der Waals surface area (Å²) in [5.74, 6) is -0.723. The van der Waals surface area contributed by atoms with E-state index in [2.05, 4.69) is 0 Å². The van der Waals surface area contributed by atoms with E-state index in [1.54, 1.807) is 38.0 Å². The van der Waals surface area contributed by atoms with Crippen molar-refractivity contribution in [1.82, 2.24) is 19.6 Å². The number of carbonyl (C=O) groups excluding carboxylic acids is 4. The van der Waals surface area contributed by atoms with Crippen molar-refractivity contribution in [2.75, 3.05) is 67.6 Å². The number of nitrogens with zero attached hydrogens (tertiary/aromatic N) is 4. The molecule has 10 heteroatoms. The van der Waals surface area contributed by atoms with Gasteiger partial charge in [-0.2, -0.15) is 0 Å². The van der Waals surface area contributed by atoms with Crippen molar-refractivity contribution in [2.24, 2.45) is 11.8 Å². The van der Waals surface area contributed by atoms with Crippen LogP contribution in [0.1, 0.15) is 6.42 Å². The van der Waals surface area contributed by atoms with Crippen LogP contribution in [0.2, 0.25) is 0 Å². The topological polar surface area (TPSA) is 99.7 Å². The van der Waals surface area contributed by atoms with Crippen LogP contribution in [0.5, 0.6) is 0 Å². The highest BCUT2D eigenvalue weighted by molar-refractivity contribution is 5.93. The number of carbonyl (C=O) groups is 4. The van der Waals surface area contributed by atoms with Crippen LogP contribution in [-0.2, 0) is 28.7 Å². The van der Waals surface area contributed by atoms with Crippen LogP contribution in [0.3, 0.4) is 0 Å². The summed E-state index contributed by atoms with van der Waals surface area (Å²) in [5.41, 5.74) is 0. The largest absolute Gasteiger partial charge is 0.365 e. The molecule has 0 bridgehead atoms. The van der Waals surface area contributed by atoms with Crippen molar-refractivity contribution in [3.8, 4) is 0 Å². The van der Waals surface area contributed by atoms with E-state index in [0.29, 0.717) is 32.6 Å². The molecule has 162 valence electrons. The SMILES string of the molecule is CN(C)C(=O)COC1CN(C(=O)C2CC2C(=O)N2CC(OCC(=O)N(C)C)C2)C1. The molecule has 3 rings (SSSR count). The van der Waals surface area contributed by atoms with E-state index in [1.165, 1.54) is 9.80 Å². The van der Waals surface area contributed by atoms with E-state index >= 15 is 0 Å². The molecule has 0 spiro atoms. The second kappa shape index (κ2) is 8.66. The van der Waals surface area contributed by atoms with Gasteiger partial charge >= 0.3 is 0 Å².